The maximum Gasteiger partial charge on any atom is 0.315 e. The molecule has 6 heteroatoms. The van der Waals surface area contributed by atoms with Gasteiger partial charge in [0.05, 0.1) is 17.9 Å². The molecule has 0 aromatic carbocycles. The van der Waals surface area contributed by atoms with Gasteiger partial charge in [-0.25, -0.2) is 4.79 Å². The summed E-state index contributed by atoms with van der Waals surface area (Å²) in [6.45, 7) is 0.544. The van der Waals surface area contributed by atoms with Gasteiger partial charge in [-0.3, -0.25) is 4.79 Å². The van der Waals surface area contributed by atoms with E-state index in [-0.39, 0.29) is 12.6 Å². The second kappa shape index (κ2) is 5.77. The molecular weight excluding hydrogens is 248 g/mol. The summed E-state index contributed by atoms with van der Waals surface area (Å²) in [7, 11) is 0. The molecule has 1 aromatic rings. The topological polar surface area (TPSA) is 91.6 Å². The Labute approximate surface area is 111 Å². The van der Waals surface area contributed by atoms with E-state index in [9.17, 15) is 14.7 Å². The molecule has 0 aliphatic heterocycles. The first kappa shape index (κ1) is 13.5. The van der Waals surface area contributed by atoms with Crippen LogP contribution in [0.25, 0.3) is 0 Å². The van der Waals surface area contributed by atoms with Gasteiger partial charge >= 0.3 is 12.0 Å². The second-order valence-corrected chi connectivity index (χ2v) is 4.96. The average Bonchev–Trinajstić information content (AvgIpc) is 3.05. The minimum absolute atomic E-state index is 0.180. The average molecular weight is 266 g/mol. The Hall–Kier alpha value is -1.98. The number of amides is 2. The van der Waals surface area contributed by atoms with Gasteiger partial charge in [-0.15, -0.1) is 0 Å². The number of hydrogen-bond acceptors (Lipinski definition) is 3. The third-order valence-electron chi connectivity index (χ3n) is 3.63. The Bertz CT molecular complexity index is 436. The van der Waals surface area contributed by atoms with E-state index >= 15 is 0 Å². The zero-order valence-corrected chi connectivity index (χ0v) is 10.6. The van der Waals surface area contributed by atoms with Gasteiger partial charge in [0.25, 0.3) is 0 Å². The van der Waals surface area contributed by atoms with Crippen molar-refractivity contribution in [3.63, 3.8) is 0 Å². The molecule has 0 unspecified atom stereocenters. The number of urea groups is 1. The van der Waals surface area contributed by atoms with Gasteiger partial charge in [-0.2, -0.15) is 0 Å². The van der Waals surface area contributed by atoms with E-state index in [1.807, 2.05) is 0 Å². The zero-order chi connectivity index (χ0) is 13.7. The maximum absolute atomic E-state index is 11.6. The van der Waals surface area contributed by atoms with Gasteiger partial charge in [0, 0.05) is 18.7 Å². The minimum atomic E-state index is -0.819. The predicted molar refractivity (Wildman–Crippen MR) is 67.5 cm³/mol. The molecule has 1 heterocycles. The molecule has 1 aliphatic carbocycles. The van der Waals surface area contributed by atoms with Crippen LogP contribution in [0.15, 0.2) is 23.0 Å². The smallest absolute Gasteiger partial charge is 0.315 e. The number of carbonyl (C=O) groups excluding carboxylic acids is 1. The summed E-state index contributed by atoms with van der Waals surface area (Å²) >= 11 is 0. The first-order chi connectivity index (χ1) is 9.12. The number of hydrogen-bond donors (Lipinski definition) is 3. The lowest BCUT2D eigenvalue weighted by atomic mass is 9.86. The molecule has 104 valence electrons. The number of furan rings is 1. The third kappa shape index (κ3) is 3.27. The van der Waals surface area contributed by atoms with Crippen molar-refractivity contribution in [2.75, 3.05) is 6.54 Å². The number of carbonyl (C=O) groups is 2. The Kier molecular flexibility index (Phi) is 4.09. The Morgan fingerprint density at radius 2 is 2.05 bits per heavy atom. The standard InChI is InChI=1S/C13H18N2O4/c16-11(17)13(4-1-2-5-13)9-15-12(18)14-7-10-3-6-19-8-10/h3,6,8H,1-2,4-5,7,9H2,(H,16,17)(H2,14,15,18). The molecule has 1 fully saturated rings. The van der Waals surface area contributed by atoms with Crippen molar-refractivity contribution in [1.82, 2.24) is 10.6 Å². The van der Waals surface area contributed by atoms with E-state index in [0.29, 0.717) is 19.4 Å². The summed E-state index contributed by atoms with van der Waals surface area (Å²) in [4.78, 5) is 22.9. The summed E-state index contributed by atoms with van der Waals surface area (Å²) in [5.74, 6) is -0.819. The van der Waals surface area contributed by atoms with E-state index in [2.05, 4.69) is 10.6 Å². The fourth-order valence-electron chi connectivity index (χ4n) is 2.41. The summed E-state index contributed by atoms with van der Waals surface area (Å²) in [6.07, 6.45) is 6.16. The first-order valence-electron chi connectivity index (χ1n) is 6.39. The molecule has 2 rings (SSSR count). The van der Waals surface area contributed by atoms with Gasteiger partial charge in [0.1, 0.15) is 0 Å². The number of carboxylic acids is 1. The minimum Gasteiger partial charge on any atom is -0.481 e. The van der Waals surface area contributed by atoms with Crippen LogP contribution in [0.3, 0.4) is 0 Å². The molecule has 1 aromatic heterocycles. The summed E-state index contributed by atoms with van der Waals surface area (Å²) < 4.78 is 4.89. The van der Waals surface area contributed by atoms with Crippen LogP contribution in [0.2, 0.25) is 0 Å². The van der Waals surface area contributed by atoms with E-state index in [4.69, 9.17) is 4.42 Å². The number of rotatable bonds is 5. The first-order valence-corrected chi connectivity index (χ1v) is 6.39. The highest BCUT2D eigenvalue weighted by Gasteiger charge is 2.41. The van der Waals surface area contributed by atoms with Crippen LogP contribution in [0, 0.1) is 5.41 Å². The maximum atomic E-state index is 11.6. The molecule has 1 saturated carbocycles. The lowest BCUT2D eigenvalue weighted by Gasteiger charge is -2.23. The number of nitrogens with one attached hydrogen (secondary N) is 2. The lowest BCUT2D eigenvalue weighted by Crippen LogP contribution is -2.44. The van der Waals surface area contributed by atoms with Crippen LogP contribution in [0.5, 0.6) is 0 Å². The molecule has 1 aliphatic rings. The predicted octanol–water partition coefficient (Wildman–Crippen LogP) is 1.72. The molecule has 19 heavy (non-hydrogen) atoms. The third-order valence-corrected chi connectivity index (χ3v) is 3.63. The normalized spacial score (nSPS) is 17.1. The lowest BCUT2D eigenvalue weighted by molar-refractivity contribution is -0.148. The van der Waals surface area contributed by atoms with Crippen molar-refractivity contribution in [3.8, 4) is 0 Å². The van der Waals surface area contributed by atoms with Crippen molar-refractivity contribution >= 4 is 12.0 Å². The van der Waals surface area contributed by atoms with E-state index in [0.717, 1.165) is 18.4 Å². The molecule has 0 bridgehead atoms. The fourth-order valence-corrected chi connectivity index (χ4v) is 2.41. The summed E-state index contributed by atoms with van der Waals surface area (Å²) in [5.41, 5.74) is 0.0800. The van der Waals surface area contributed by atoms with Gasteiger partial charge in [0.2, 0.25) is 0 Å². The molecule has 6 nitrogen and oxygen atoms in total. The number of carboxylic acid groups (broad SMARTS) is 1. The highest BCUT2D eigenvalue weighted by Crippen LogP contribution is 2.37. The largest absolute Gasteiger partial charge is 0.481 e. The second-order valence-electron chi connectivity index (χ2n) is 4.96. The van der Waals surface area contributed by atoms with E-state index in [1.54, 1.807) is 12.3 Å². The van der Waals surface area contributed by atoms with Crippen LogP contribution >= 0.6 is 0 Å². The fraction of sp³-hybridized carbons (Fsp3) is 0.538. The molecule has 3 N–H and O–H groups in total. The van der Waals surface area contributed by atoms with E-state index < -0.39 is 11.4 Å². The van der Waals surface area contributed by atoms with Crippen molar-refractivity contribution in [3.05, 3.63) is 24.2 Å². The monoisotopic (exact) mass is 266 g/mol. The van der Waals surface area contributed by atoms with Gasteiger partial charge < -0.3 is 20.2 Å². The highest BCUT2D eigenvalue weighted by molar-refractivity contribution is 5.78. The Morgan fingerprint density at radius 3 is 2.63 bits per heavy atom. The molecule has 2 amide bonds. The van der Waals surface area contributed by atoms with Crippen molar-refractivity contribution < 1.29 is 19.1 Å². The van der Waals surface area contributed by atoms with Crippen molar-refractivity contribution in [1.29, 1.82) is 0 Å². The van der Waals surface area contributed by atoms with E-state index in [1.165, 1.54) is 6.26 Å². The van der Waals surface area contributed by atoms with Gasteiger partial charge in [-0.05, 0) is 18.9 Å². The van der Waals surface area contributed by atoms with Crippen LogP contribution < -0.4 is 10.6 Å². The quantitative estimate of drug-likeness (QED) is 0.756. The summed E-state index contributed by atoms with van der Waals surface area (Å²) in [5, 5.41) is 14.6. The summed E-state index contributed by atoms with van der Waals surface area (Å²) in [6, 6.07) is 1.41. The van der Waals surface area contributed by atoms with Gasteiger partial charge in [-0.1, -0.05) is 12.8 Å². The van der Waals surface area contributed by atoms with Crippen LogP contribution in [0.4, 0.5) is 4.79 Å². The Morgan fingerprint density at radius 1 is 1.32 bits per heavy atom. The van der Waals surface area contributed by atoms with Crippen LogP contribution in [-0.4, -0.2) is 23.7 Å². The molecular formula is C13H18N2O4. The molecule has 0 spiro atoms. The van der Waals surface area contributed by atoms with Gasteiger partial charge in [0.15, 0.2) is 0 Å². The van der Waals surface area contributed by atoms with Crippen LogP contribution in [0.1, 0.15) is 31.2 Å². The molecule has 0 radical (unpaired) electrons. The highest BCUT2D eigenvalue weighted by atomic mass is 16.4. The zero-order valence-electron chi connectivity index (χ0n) is 10.6. The molecule has 0 atom stereocenters. The Balaban J connectivity index is 1.77. The van der Waals surface area contributed by atoms with Crippen LogP contribution in [-0.2, 0) is 11.3 Å². The van der Waals surface area contributed by atoms with Crippen molar-refractivity contribution in [2.45, 2.75) is 32.2 Å². The van der Waals surface area contributed by atoms with Crippen molar-refractivity contribution in [2.24, 2.45) is 5.41 Å². The molecule has 0 saturated heterocycles. The SMILES string of the molecule is O=C(NCc1ccoc1)NCC1(C(=O)O)CCCC1. The number of aliphatic carboxylic acids is 1.